The lowest BCUT2D eigenvalue weighted by molar-refractivity contribution is -0.0494. The van der Waals surface area contributed by atoms with Gasteiger partial charge in [-0.3, -0.25) is 0 Å². The van der Waals surface area contributed by atoms with Crippen molar-refractivity contribution < 1.29 is 22.5 Å². The van der Waals surface area contributed by atoms with Gasteiger partial charge in [0, 0.05) is 24.4 Å². The molecule has 0 bridgehead atoms. The van der Waals surface area contributed by atoms with Gasteiger partial charge in [0.2, 0.25) is 5.95 Å². The van der Waals surface area contributed by atoms with Gasteiger partial charge in [0.1, 0.15) is 23.0 Å². The molecule has 0 radical (unpaired) electrons. The van der Waals surface area contributed by atoms with Gasteiger partial charge in [-0.25, -0.2) is 14.4 Å². The first-order chi connectivity index (χ1) is 15.3. The molecule has 2 saturated heterocycles. The van der Waals surface area contributed by atoms with Crippen LogP contribution in [0.15, 0.2) is 18.3 Å². The Morgan fingerprint density at radius 2 is 2.06 bits per heavy atom. The number of alkyl halides is 3. The number of hydrogen-bond donors (Lipinski definition) is 1. The number of ether oxygens (including phenoxy) is 1. The summed E-state index contributed by atoms with van der Waals surface area (Å²) >= 11 is -0.894. The standard InChI is InChI=1S/C20H25F3N6O2S/c1-2-14-11-28(5-6-32(14)30)17-8-15(26-20(27-17)29-4-3-13(21)10-29)12-7-16(31-19(22)23)18(24)25-9-12/h7-9,13-14,19H,2-6,10-11H2,1H3,(H2,24,25)/t13-,14+,32?/m1/s1. The molecule has 2 aliphatic rings. The summed E-state index contributed by atoms with van der Waals surface area (Å²) in [7, 11) is 0. The number of pyridine rings is 1. The minimum atomic E-state index is -3.04. The van der Waals surface area contributed by atoms with Crippen molar-refractivity contribution in [3.8, 4) is 17.0 Å². The molecular weight excluding hydrogens is 445 g/mol. The SMILES string of the molecule is CC[C@H]1CN(c2cc(-c3cnc(N)c(OC(F)F)c3)nc(N3CC[C@@H](F)C3)n2)CC[S+]1[O-]. The summed E-state index contributed by atoms with van der Waals surface area (Å²) in [5.41, 5.74) is 6.51. The second-order valence-corrected chi connectivity index (χ2v) is 9.63. The highest BCUT2D eigenvalue weighted by Gasteiger charge is 2.32. The topological polar surface area (TPSA) is 103 Å². The van der Waals surface area contributed by atoms with Gasteiger partial charge in [-0.2, -0.15) is 13.8 Å². The van der Waals surface area contributed by atoms with Crippen LogP contribution in [0.5, 0.6) is 5.75 Å². The van der Waals surface area contributed by atoms with E-state index in [1.807, 2.05) is 11.8 Å². The second-order valence-electron chi connectivity index (χ2n) is 7.79. The molecule has 8 nitrogen and oxygen atoms in total. The number of halogens is 3. The zero-order valence-corrected chi connectivity index (χ0v) is 18.4. The van der Waals surface area contributed by atoms with Crippen molar-refractivity contribution in [1.82, 2.24) is 15.0 Å². The first-order valence-electron chi connectivity index (χ1n) is 10.4. The van der Waals surface area contributed by atoms with Crippen molar-refractivity contribution in [1.29, 1.82) is 0 Å². The largest absolute Gasteiger partial charge is 0.616 e. The first-order valence-corrected chi connectivity index (χ1v) is 11.8. The Hall–Kier alpha value is -2.47. The highest BCUT2D eigenvalue weighted by molar-refractivity contribution is 7.92. The monoisotopic (exact) mass is 470 g/mol. The summed E-state index contributed by atoms with van der Waals surface area (Å²) in [4.78, 5) is 17.0. The lowest BCUT2D eigenvalue weighted by Gasteiger charge is -2.35. The Balaban J connectivity index is 1.73. The van der Waals surface area contributed by atoms with E-state index in [0.29, 0.717) is 54.8 Å². The molecule has 1 unspecified atom stereocenters. The fraction of sp³-hybridized carbons (Fsp3) is 0.550. The van der Waals surface area contributed by atoms with Crippen molar-refractivity contribution in [2.45, 2.75) is 37.8 Å². The van der Waals surface area contributed by atoms with Gasteiger partial charge in [-0.05, 0) is 30.1 Å². The van der Waals surface area contributed by atoms with Gasteiger partial charge in [0.05, 0.1) is 25.3 Å². The maximum absolute atomic E-state index is 13.8. The second kappa shape index (κ2) is 9.57. The predicted molar refractivity (Wildman–Crippen MR) is 117 cm³/mol. The molecule has 0 aromatic carbocycles. The van der Waals surface area contributed by atoms with E-state index in [1.165, 1.54) is 12.3 Å². The smallest absolute Gasteiger partial charge is 0.387 e. The molecule has 4 rings (SSSR count). The zero-order valence-electron chi connectivity index (χ0n) is 17.6. The normalized spacial score (nSPS) is 23.8. The third-order valence-corrected chi connectivity index (χ3v) is 7.46. The molecule has 2 fully saturated rings. The quantitative estimate of drug-likeness (QED) is 0.643. The molecule has 0 spiro atoms. The molecule has 0 aliphatic carbocycles. The third-order valence-electron chi connectivity index (χ3n) is 5.65. The van der Waals surface area contributed by atoms with E-state index in [-0.39, 0.29) is 23.4 Å². The van der Waals surface area contributed by atoms with E-state index in [0.717, 1.165) is 6.42 Å². The van der Waals surface area contributed by atoms with Crippen molar-refractivity contribution in [3.05, 3.63) is 18.3 Å². The van der Waals surface area contributed by atoms with Crippen LogP contribution in [0.1, 0.15) is 19.8 Å². The lowest BCUT2D eigenvalue weighted by atomic mass is 10.2. The fourth-order valence-electron chi connectivity index (χ4n) is 3.87. The fourth-order valence-corrected chi connectivity index (χ4v) is 5.32. The van der Waals surface area contributed by atoms with Crippen LogP contribution in [0.3, 0.4) is 0 Å². The molecule has 12 heteroatoms. The molecule has 174 valence electrons. The number of nitrogens with zero attached hydrogens (tertiary/aromatic N) is 5. The molecule has 0 saturated carbocycles. The van der Waals surface area contributed by atoms with Crippen molar-refractivity contribution in [3.63, 3.8) is 0 Å². The first kappa shape index (κ1) is 22.7. The van der Waals surface area contributed by atoms with Crippen LogP contribution in [0.2, 0.25) is 0 Å². The van der Waals surface area contributed by atoms with Crippen LogP contribution in [-0.2, 0) is 11.2 Å². The van der Waals surface area contributed by atoms with Gasteiger partial charge in [0.15, 0.2) is 11.6 Å². The molecule has 32 heavy (non-hydrogen) atoms. The number of hydrogen-bond acceptors (Lipinski definition) is 8. The van der Waals surface area contributed by atoms with Crippen molar-refractivity contribution in [2.24, 2.45) is 0 Å². The van der Waals surface area contributed by atoms with Crippen LogP contribution < -0.4 is 20.3 Å². The zero-order chi connectivity index (χ0) is 22.8. The van der Waals surface area contributed by atoms with Crippen LogP contribution in [-0.4, -0.2) is 69.5 Å². The van der Waals surface area contributed by atoms with Crippen LogP contribution >= 0.6 is 0 Å². The van der Waals surface area contributed by atoms with Gasteiger partial charge >= 0.3 is 6.61 Å². The lowest BCUT2D eigenvalue weighted by Crippen LogP contribution is -2.47. The summed E-state index contributed by atoms with van der Waals surface area (Å²) in [6, 6.07) is 3.08. The van der Waals surface area contributed by atoms with E-state index < -0.39 is 24.0 Å². The van der Waals surface area contributed by atoms with Gasteiger partial charge < -0.3 is 24.8 Å². The highest BCUT2D eigenvalue weighted by atomic mass is 32.2. The summed E-state index contributed by atoms with van der Waals surface area (Å²) < 4.78 is 56.1. The Bertz CT molecular complexity index is 956. The summed E-state index contributed by atoms with van der Waals surface area (Å²) in [6.45, 7) is 0.751. The minimum absolute atomic E-state index is 0.0249. The average molecular weight is 471 g/mol. The number of nitrogen functional groups attached to an aromatic ring is 1. The molecule has 4 heterocycles. The van der Waals surface area contributed by atoms with Crippen molar-refractivity contribution >= 4 is 28.8 Å². The van der Waals surface area contributed by atoms with E-state index in [1.54, 1.807) is 11.0 Å². The van der Waals surface area contributed by atoms with E-state index in [4.69, 9.17) is 5.73 Å². The van der Waals surface area contributed by atoms with Crippen LogP contribution in [0.4, 0.5) is 30.8 Å². The molecule has 0 amide bonds. The molecular formula is C20H25F3N6O2S. The number of aromatic nitrogens is 3. The molecule has 3 atom stereocenters. The molecule has 2 aromatic heterocycles. The summed E-state index contributed by atoms with van der Waals surface area (Å²) in [6.07, 6.45) is 1.63. The minimum Gasteiger partial charge on any atom is -0.616 e. The molecule has 2 N–H and O–H groups in total. The van der Waals surface area contributed by atoms with Gasteiger partial charge in [-0.15, -0.1) is 0 Å². The number of nitrogens with two attached hydrogens (primary N) is 1. The summed E-state index contributed by atoms with van der Waals surface area (Å²) in [5, 5.41) is 0.0249. The molecule has 2 aromatic rings. The van der Waals surface area contributed by atoms with E-state index in [9.17, 15) is 17.7 Å². The summed E-state index contributed by atoms with van der Waals surface area (Å²) in [5.74, 6) is 1.08. The molecule has 2 aliphatic heterocycles. The van der Waals surface area contributed by atoms with Crippen LogP contribution in [0, 0.1) is 0 Å². The number of rotatable bonds is 6. The van der Waals surface area contributed by atoms with E-state index >= 15 is 0 Å². The average Bonchev–Trinajstić information content (AvgIpc) is 3.21. The Morgan fingerprint density at radius 3 is 2.75 bits per heavy atom. The Morgan fingerprint density at radius 1 is 1.25 bits per heavy atom. The van der Waals surface area contributed by atoms with E-state index in [2.05, 4.69) is 19.7 Å². The third kappa shape index (κ3) is 4.96. The Kier molecular flexibility index (Phi) is 6.79. The Labute approximate surface area is 187 Å². The van der Waals surface area contributed by atoms with Crippen LogP contribution in [0.25, 0.3) is 11.3 Å². The number of anilines is 3. The van der Waals surface area contributed by atoms with Crippen molar-refractivity contribution in [2.75, 3.05) is 47.5 Å². The highest BCUT2D eigenvalue weighted by Crippen LogP contribution is 2.32. The maximum atomic E-state index is 13.8. The van der Waals surface area contributed by atoms with Gasteiger partial charge in [0.25, 0.3) is 0 Å². The predicted octanol–water partition coefficient (Wildman–Crippen LogP) is 2.62. The maximum Gasteiger partial charge on any atom is 0.387 e. The van der Waals surface area contributed by atoms with Gasteiger partial charge in [-0.1, -0.05) is 6.92 Å².